The molecular weight excluding hydrogens is 585 g/mol. The monoisotopic (exact) mass is 615 g/mol. The number of nitrogens with zero attached hydrogens (tertiary/aromatic N) is 3. The third-order valence-electron chi connectivity index (χ3n) is 6.78. The van der Waals surface area contributed by atoms with E-state index in [0.29, 0.717) is 75.4 Å². The summed E-state index contributed by atoms with van der Waals surface area (Å²) in [7, 11) is 3.82. The number of rotatable bonds is 11. The lowest BCUT2D eigenvalue weighted by molar-refractivity contribution is -0.111. The van der Waals surface area contributed by atoms with Crippen LogP contribution < -0.4 is 20.1 Å². The van der Waals surface area contributed by atoms with Crippen molar-refractivity contribution in [1.29, 1.82) is 5.26 Å². The van der Waals surface area contributed by atoms with Crippen LogP contribution >= 0.6 is 11.6 Å². The van der Waals surface area contributed by atoms with E-state index >= 15 is 0 Å². The van der Waals surface area contributed by atoms with Crippen LogP contribution in [0.4, 0.5) is 21.5 Å². The number of amides is 1. The molecule has 0 radical (unpaired) electrons. The van der Waals surface area contributed by atoms with Gasteiger partial charge < -0.3 is 29.7 Å². The van der Waals surface area contributed by atoms with Crippen molar-refractivity contribution in [3.8, 4) is 17.6 Å². The summed E-state index contributed by atoms with van der Waals surface area (Å²) < 4.78 is 31.0. The minimum atomic E-state index is -0.343. The van der Waals surface area contributed by atoms with Crippen molar-refractivity contribution in [3.05, 3.63) is 94.9 Å². The predicted octanol–water partition coefficient (Wildman–Crippen LogP) is 6.45. The molecule has 1 saturated heterocycles. The molecule has 44 heavy (non-hydrogen) atoms. The van der Waals surface area contributed by atoms with Gasteiger partial charge in [0.2, 0.25) is 5.91 Å². The molecule has 9 nitrogen and oxygen atoms in total. The molecular formula is C33H31ClFN5O4. The average Bonchev–Trinajstić information content (AvgIpc) is 3.51. The van der Waals surface area contributed by atoms with Crippen LogP contribution in [0, 0.1) is 17.1 Å². The van der Waals surface area contributed by atoms with Crippen molar-refractivity contribution in [2.45, 2.75) is 19.1 Å². The first kappa shape index (κ1) is 30.8. The molecule has 11 heteroatoms. The summed E-state index contributed by atoms with van der Waals surface area (Å²) in [5.41, 5.74) is 2.87. The maximum Gasteiger partial charge on any atom is 0.248 e. The first-order valence-electron chi connectivity index (χ1n) is 14.0. The van der Waals surface area contributed by atoms with Gasteiger partial charge in [0, 0.05) is 36.3 Å². The second-order valence-corrected chi connectivity index (χ2v) is 10.8. The van der Waals surface area contributed by atoms with Gasteiger partial charge in [0.25, 0.3) is 0 Å². The number of hydrogen-bond acceptors (Lipinski definition) is 8. The fourth-order valence-corrected chi connectivity index (χ4v) is 4.87. The molecule has 1 aliphatic heterocycles. The van der Waals surface area contributed by atoms with Crippen LogP contribution in [0.15, 0.2) is 72.9 Å². The maximum absolute atomic E-state index is 13.5. The molecule has 2 heterocycles. The summed E-state index contributed by atoms with van der Waals surface area (Å²) in [5, 5.41) is 17.1. The van der Waals surface area contributed by atoms with Crippen LogP contribution in [0.5, 0.6) is 11.5 Å². The van der Waals surface area contributed by atoms with E-state index in [4.69, 9.17) is 25.8 Å². The number of ether oxygens (including phenoxy) is 3. The molecule has 1 aromatic heterocycles. The first-order valence-corrected chi connectivity index (χ1v) is 14.3. The maximum atomic E-state index is 13.5. The van der Waals surface area contributed by atoms with E-state index in [1.807, 2.05) is 19.0 Å². The number of carbonyl (C=O) groups excluding carboxylic acids is 1. The molecule has 226 valence electrons. The Morgan fingerprint density at radius 1 is 1.20 bits per heavy atom. The molecule has 1 aliphatic rings. The highest BCUT2D eigenvalue weighted by Crippen LogP contribution is 2.39. The summed E-state index contributed by atoms with van der Waals surface area (Å²) in [5.74, 6) is 0.192. The lowest BCUT2D eigenvalue weighted by Gasteiger charge is -2.19. The molecule has 5 rings (SSSR count). The molecule has 0 bridgehead atoms. The van der Waals surface area contributed by atoms with Gasteiger partial charge in [-0.3, -0.25) is 9.78 Å². The molecule has 0 aliphatic carbocycles. The van der Waals surface area contributed by atoms with Crippen LogP contribution in [0.2, 0.25) is 5.02 Å². The smallest absolute Gasteiger partial charge is 0.248 e. The lowest BCUT2D eigenvalue weighted by atomic mass is 10.1. The van der Waals surface area contributed by atoms with E-state index in [9.17, 15) is 14.4 Å². The third-order valence-corrected chi connectivity index (χ3v) is 7.07. The van der Waals surface area contributed by atoms with Gasteiger partial charge in [-0.25, -0.2) is 4.39 Å². The number of aromatic nitrogens is 1. The van der Waals surface area contributed by atoms with Crippen molar-refractivity contribution in [3.63, 3.8) is 0 Å². The number of likely N-dealkylation sites (N-methyl/N-ethyl adjacent to an activating group) is 1. The molecule has 1 atom stereocenters. The van der Waals surface area contributed by atoms with Crippen LogP contribution in [0.3, 0.4) is 0 Å². The Bertz CT molecular complexity index is 1730. The molecule has 2 N–H and O–H groups in total. The number of pyridine rings is 1. The second kappa shape index (κ2) is 14.2. The number of carbonyl (C=O) groups is 1. The number of anilines is 3. The van der Waals surface area contributed by atoms with E-state index in [1.54, 1.807) is 48.5 Å². The van der Waals surface area contributed by atoms with Crippen molar-refractivity contribution < 1.29 is 23.4 Å². The molecule has 0 spiro atoms. The third kappa shape index (κ3) is 7.63. The van der Waals surface area contributed by atoms with Gasteiger partial charge >= 0.3 is 0 Å². The summed E-state index contributed by atoms with van der Waals surface area (Å²) in [6.07, 6.45) is 5.24. The summed E-state index contributed by atoms with van der Waals surface area (Å²) in [6, 6.07) is 17.0. The Kier molecular flexibility index (Phi) is 9.92. The van der Waals surface area contributed by atoms with Crippen LogP contribution in [-0.4, -0.2) is 55.7 Å². The Labute approximate surface area is 259 Å². The molecule has 0 saturated carbocycles. The lowest BCUT2D eigenvalue weighted by Crippen LogP contribution is -2.18. The average molecular weight is 616 g/mol. The van der Waals surface area contributed by atoms with Gasteiger partial charge in [-0.15, -0.1) is 0 Å². The number of halogens is 2. The highest BCUT2D eigenvalue weighted by atomic mass is 35.5. The van der Waals surface area contributed by atoms with Gasteiger partial charge in [0.05, 0.1) is 35.0 Å². The van der Waals surface area contributed by atoms with E-state index in [1.165, 1.54) is 24.4 Å². The topological polar surface area (TPSA) is 109 Å². The standard InChI is InChI=1S/C33H31ClFN5O4/c1-40(2)13-4-7-30(41)39-33-29(44-25-12-14-42-20-25)11-9-26-31(22(17-36)18-37-32(26)33)38-24-8-10-28(27(34)16-24)43-19-21-5-3-6-23(35)15-21/h3-11,15-16,18,25H,12-14,19-20H2,1-2H3,(H,37,38)(H,39,41)/b7-4+/t25-/m0/s1. The summed E-state index contributed by atoms with van der Waals surface area (Å²) in [6.45, 7) is 1.79. The number of nitrogens with one attached hydrogen (secondary N) is 2. The Morgan fingerprint density at radius 3 is 2.77 bits per heavy atom. The van der Waals surface area contributed by atoms with Gasteiger partial charge in [-0.2, -0.15) is 5.26 Å². The zero-order valence-corrected chi connectivity index (χ0v) is 25.0. The van der Waals surface area contributed by atoms with Crippen LogP contribution in [0.1, 0.15) is 17.5 Å². The van der Waals surface area contributed by atoms with Crippen LogP contribution in [-0.2, 0) is 16.1 Å². The highest BCUT2D eigenvalue weighted by Gasteiger charge is 2.22. The number of nitriles is 1. The SMILES string of the molecule is CN(C)C/C=C/C(=O)Nc1c(O[C@H]2CCOC2)ccc2c(Nc3ccc(OCc4cccc(F)c4)c(Cl)c3)c(C#N)cnc12. The fraction of sp³-hybridized carbons (Fsp3) is 0.242. The molecule has 3 aromatic carbocycles. The fourth-order valence-electron chi connectivity index (χ4n) is 4.63. The van der Waals surface area contributed by atoms with Gasteiger partial charge in [0.1, 0.15) is 41.8 Å². The Morgan fingerprint density at radius 2 is 2.05 bits per heavy atom. The minimum absolute atomic E-state index is 0.147. The van der Waals surface area contributed by atoms with E-state index in [-0.39, 0.29) is 24.4 Å². The predicted molar refractivity (Wildman–Crippen MR) is 168 cm³/mol. The normalized spacial score (nSPS) is 14.6. The molecule has 1 fully saturated rings. The van der Waals surface area contributed by atoms with Crippen LogP contribution in [0.25, 0.3) is 10.9 Å². The van der Waals surface area contributed by atoms with Gasteiger partial charge in [0.15, 0.2) is 0 Å². The van der Waals surface area contributed by atoms with Crippen molar-refractivity contribution >= 4 is 45.5 Å². The highest BCUT2D eigenvalue weighted by molar-refractivity contribution is 6.32. The Balaban J connectivity index is 1.46. The zero-order chi connectivity index (χ0) is 31.1. The van der Waals surface area contributed by atoms with Crippen molar-refractivity contribution in [2.75, 3.05) is 44.5 Å². The van der Waals surface area contributed by atoms with E-state index < -0.39 is 0 Å². The number of benzene rings is 3. The van der Waals surface area contributed by atoms with Gasteiger partial charge in [-0.05, 0) is 62.1 Å². The summed E-state index contributed by atoms with van der Waals surface area (Å²) in [4.78, 5) is 19.4. The largest absolute Gasteiger partial charge is 0.487 e. The Hall–Kier alpha value is -4.69. The van der Waals surface area contributed by atoms with E-state index in [0.717, 1.165) is 6.42 Å². The number of fused-ring (bicyclic) bond motifs is 1. The molecule has 4 aromatic rings. The number of hydrogen-bond donors (Lipinski definition) is 2. The second-order valence-electron chi connectivity index (χ2n) is 10.4. The van der Waals surface area contributed by atoms with Crippen molar-refractivity contribution in [2.24, 2.45) is 0 Å². The minimum Gasteiger partial charge on any atom is -0.487 e. The van der Waals surface area contributed by atoms with E-state index in [2.05, 4.69) is 21.7 Å². The molecule has 0 unspecified atom stereocenters. The quantitative estimate of drug-likeness (QED) is 0.185. The first-order chi connectivity index (χ1) is 21.3. The zero-order valence-electron chi connectivity index (χ0n) is 24.3. The summed E-state index contributed by atoms with van der Waals surface area (Å²) >= 11 is 6.53. The molecule has 1 amide bonds. The van der Waals surface area contributed by atoms with Gasteiger partial charge in [-0.1, -0.05) is 29.8 Å². The van der Waals surface area contributed by atoms with Crippen molar-refractivity contribution in [1.82, 2.24) is 9.88 Å².